The lowest BCUT2D eigenvalue weighted by Gasteiger charge is -2.16. The van der Waals surface area contributed by atoms with E-state index in [0.29, 0.717) is 6.54 Å². The zero-order valence-electron chi connectivity index (χ0n) is 10.1. The van der Waals surface area contributed by atoms with Crippen molar-refractivity contribution >= 4 is 11.5 Å². The molecular weight excluding hydrogens is 234 g/mol. The summed E-state index contributed by atoms with van der Waals surface area (Å²) in [7, 11) is 0. The van der Waals surface area contributed by atoms with Gasteiger partial charge in [0.05, 0.1) is 10.5 Å². The summed E-state index contributed by atoms with van der Waals surface area (Å²) in [5, 5.41) is 22.5. The van der Waals surface area contributed by atoms with Crippen LogP contribution in [-0.2, 0) is 0 Å². The highest BCUT2D eigenvalue weighted by molar-refractivity contribution is 5.58. The number of nitrogens with two attached hydrogens (primary N) is 1. The summed E-state index contributed by atoms with van der Waals surface area (Å²) in [6, 6.07) is 2.96. The van der Waals surface area contributed by atoms with Gasteiger partial charge in [0, 0.05) is 24.8 Å². The van der Waals surface area contributed by atoms with Gasteiger partial charge < -0.3 is 11.1 Å². The highest BCUT2D eigenvalue weighted by Gasteiger charge is 2.18. The molecule has 0 radical (unpaired) electrons. The zero-order chi connectivity index (χ0) is 13.5. The number of nitriles is 1. The van der Waals surface area contributed by atoms with Crippen molar-refractivity contribution in [3.8, 4) is 6.07 Å². The number of anilines is 1. The molecular formula is C11H15N5O2. The molecule has 0 saturated heterocycles. The normalized spacial score (nSPS) is 11.6. The molecule has 0 spiro atoms. The number of rotatable bonds is 6. The Labute approximate surface area is 105 Å². The number of nitrogens with zero attached hydrogens (tertiary/aromatic N) is 3. The Bertz CT molecular complexity index is 469. The highest BCUT2D eigenvalue weighted by atomic mass is 16.6. The van der Waals surface area contributed by atoms with E-state index < -0.39 is 4.92 Å². The molecule has 0 aliphatic carbocycles. The Balaban J connectivity index is 3.01. The van der Waals surface area contributed by atoms with Crippen LogP contribution in [0, 0.1) is 21.4 Å². The van der Waals surface area contributed by atoms with Gasteiger partial charge in [-0.2, -0.15) is 5.26 Å². The van der Waals surface area contributed by atoms with Gasteiger partial charge in [0.15, 0.2) is 0 Å². The average Bonchev–Trinajstić information content (AvgIpc) is 2.38. The first kappa shape index (κ1) is 13.9. The molecule has 0 aliphatic rings. The van der Waals surface area contributed by atoms with Gasteiger partial charge in [0.1, 0.15) is 6.07 Å². The first-order valence-corrected chi connectivity index (χ1v) is 5.63. The minimum Gasteiger partial charge on any atom is -0.360 e. The van der Waals surface area contributed by atoms with Crippen LogP contribution in [0.2, 0.25) is 0 Å². The number of hydrogen-bond acceptors (Lipinski definition) is 6. The second kappa shape index (κ2) is 6.51. The molecule has 0 aromatic carbocycles. The molecule has 1 atom stereocenters. The quantitative estimate of drug-likeness (QED) is 0.581. The Morgan fingerprint density at radius 3 is 2.94 bits per heavy atom. The van der Waals surface area contributed by atoms with Crippen LogP contribution in [0.25, 0.3) is 0 Å². The first-order valence-electron chi connectivity index (χ1n) is 5.63. The maximum atomic E-state index is 10.9. The Kier molecular flexibility index (Phi) is 5.02. The Morgan fingerprint density at radius 2 is 2.44 bits per heavy atom. The molecule has 0 fully saturated rings. The predicted octanol–water partition coefficient (Wildman–Crippen LogP) is 1.40. The van der Waals surface area contributed by atoms with E-state index in [2.05, 4.69) is 10.3 Å². The van der Waals surface area contributed by atoms with Gasteiger partial charge in [-0.15, -0.1) is 0 Å². The molecule has 0 saturated carbocycles. The van der Waals surface area contributed by atoms with Crippen LogP contribution in [0.5, 0.6) is 0 Å². The number of nitro groups is 1. The van der Waals surface area contributed by atoms with Crippen LogP contribution in [0.1, 0.15) is 25.3 Å². The van der Waals surface area contributed by atoms with Crippen molar-refractivity contribution in [1.29, 1.82) is 5.26 Å². The van der Waals surface area contributed by atoms with E-state index in [4.69, 9.17) is 11.0 Å². The minimum absolute atomic E-state index is 0.0610. The van der Waals surface area contributed by atoms with Crippen molar-refractivity contribution < 1.29 is 4.92 Å². The van der Waals surface area contributed by atoms with E-state index in [1.807, 2.05) is 13.0 Å². The third kappa shape index (κ3) is 3.40. The van der Waals surface area contributed by atoms with Gasteiger partial charge in [-0.25, -0.2) is 4.98 Å². The van der Waals surface area contributed by atoms with Crippen LogP contribution in [0.15, 0.2) is 12.3 Å². The lowest BCUT2D eigenvalue weighted by molar-refractivity contribution is -0.384. The van der Waals surface area contributed by atoms with Gasteiger partial charge >= 0.3 is 5.69 Å². The fourth-order valence-corrected chi connectivity index (χ4v) is 1.56. The molecule has 0 bridgehead atoms. The molecule has 0 amide bonds. The Morgan fingerprint density at radius 1 is 1.72 bits per heavy atom. The molecule has 1 heterocycles. The molecule has 0 aliphatic heterocycles. The third-order valence-electron chi connectivity index (χ3n) is 2.46. The summed E-state index contributed by atoms with van der Waals surface area (Å²) in [4.78, 5) is 14.3. The van der Waals surface area contributed by atoms with E-state index in [0.717, 1.165) is 12.8 Å². The van der Waals surface area contributed by atoms with Crippen molar-refractivity contribution in [3.63, 3.8) is 0 Å². The van der Waals surface area contributed by atoms with E-state index >= 15 is 0 Å². The van der Waals surface area contributed by atoms with Gasteiger partial charge in [-0.3, -0.25) is 10.1 Å². The van der Waals surface area contributed by atoms with Crippen LogP contribution in [0.3, 0.4) is 0 Å². The molecule has 1 aromatic heterocycles. The van der Waals surface area contributed by atoms with Gasteiger partial charge in [-0.1, -0.05) is 13.3 Å². The van der Waals surface area contributed by atoms with E-state index in [-0.39, 0.29) is 23.1 Å². The molecule has 1 unspecified atom stereocenters. The summed E-state index contributed by atoms with van der Waals surface area (Å²) in [5.74, 6) is 0.155. The molecule has 18 heavy (non-hydrogen) atoms. The summed E-state index contributed by atoms with van der Waals surface area (Å²) >= 11 is 0. The number of hydrogen-bond donors (Lipinski definition) is 2. The number of nitrogens with one attached hydrogen (secondary N) is 1. The first-order chi connectivity index (χ1) is 8.62. The average molecular weight is 249 g/mol. The van der Waals surface area contributed by atoms with Gasteiger partial charge in [-0.05, 0) is 6.42 Å². The van der Waals surface area contributed by atoms with Crippen LogP contribution >= 0.6 is 0 Å². The van der Waals surface area contributed by atoms with Crippen LogP contribution in [-0.4, -0.2) is 22.5 Å². The topological polar surface area (TPSA) is 118 Å². The SMILES string of the molecule is CCCC(CN)Nc1ncc(C#N)cc1[N+](=O)[O-]. The fraction of sp³-hybridized carbons (Fsp3) is 0.455. The fourth-order valence-electron chi connectivity index (χ4n) is 1.56. The molecule has 7 nitrogen and oxygen atoms in total. The van der Waals surface area contributed by atoms with Crippen LogP contribution < -0.4 is 11.1 Å². The van der Waals surface area contributed by atoms with Crippen molar-refractivity contribution in [2.75, 3.05) is 11.9 Å². The standard InChI is InChI=1S/C11H15N5O2/c1-2-3-9(6-13)15-11-10(16(17)18)4-8(5-12)7-14-11/h4,7,9H,2-3,6,13H2,1H3,(H,14,15). The van der Waals surface area contributed by atoms with E-state index in [1.54, 1.807) is 0 Å². The largest absolute Gasteiger partial charge is 0.360 e. The van der Waals surface area contributed by atoms with E-state index in [1.165, 1.54) is 12.3 Å². The molecule has 96 valence electrons. The van der Waals surface area contributed by atoms with Crippen molar-refractivity contribution in [2.24, 2.45) is 5.73 Å². The lowest BCUT2D eigenvalue weighted by atomic mass is 10.1. The summed E-state index contributed by atoms with van der Waals surface area (Å²) in [6.45, 7) is 2.37. The molecule has 7 heteroatoms. The molecule has 3 N–H and O–H groups in total. The highest BCUT2D eigenvalue weighted by Crippen LogP contribution is 2.23. The second-order valence-electron chi connectivity index (χ2n) is 3.83. The number of pyridine rings is 1. The molecule has 1 rings (SSSR count). The second-order valence-corrected chi connectivity index (χ2v) is 3.83. The number of aromatic nitrogens is 1. The maximum Gasteiger partial charge on any atom is 0.312 e. The molecule has 1 aromatic rings. The van der Waals surface area contributed by atoms with Crippen molar-refractivity contribution in [3.05, 3.63) is 27.9 Å². The lowest BCUT2D eigenvalue weighted by Crippen LogP contribution is -2.29. The Hall–Kier alpha value is -2.20. The summed E-state index contributed by atoms with van der Waals surface area (Å²) in [5.41, 5.74) is 5.53. The predicted molar refractivity (Wildman–Crippen MR) is 67.0 cm³/mol. The van der Waals surface area contributed by atoms with Crippen molar-refractivity contribution in [2.45, 2.75) is 25.8 Å². The summed E-state index contributed by atoms with van der Waals surface area (Å²) in [6.07, 6.45) is 3.02. The smallest absolute Gasteiger partial charge is 0.312 e. The third-order valence-corrected chi connectivity index (χ3v) is 2.46. The summed E-state index contributed by atoms with van der Waals surface area (Å²) < 4.78 is 0. The zero-order valence-corrected chi connectivity index (χ0v) is 10.1. The van der Waals surface area contributed by atoms with Crippen LogP contribution in [0.4, 0.5) is 11.5 Å². The minimum atomic E-state index is -0.560. The van der Waals surface area contributed by atoms with E-state index in [9.17, 15) is 10.1 Å². The van der Waals surface area contributed by atoms with Gasteiger partial charge in [0.2, 0.25) is 5.82 Å². The monoisotopic (exact) mass is 249 g/mol. The maximum absolute atomic E-state index is 10.9. The van der Waals surface area contributed by atoms with Gasteiger partial charge in [0.25, 0.3) is 0 Å². The van der Waals surface area contributed by atoms with Crippen molar-refractivity contribution in [1.82, 2.24) is 4.98 Å².